The van der Waals surface area contributed by atoms with E-state index in [0.717, 1.165) is 46.5 Å². The molecule has 0 spiro atoms. The summed E-state index contributed by atoms with van der Waals surface area (Å²) < 4.78 is 1.93. The van der Waals surface area contributed by atoms with Gasteiger partial charge in [0, 0.05) is 62.5 Å². The van der Waals surface area contributed by atoms with Crippen LogP contribution in [-0.4, -0.2) is 81.7 Å². The number of likely N-dealkylation sites (N-methyl/N-ethyl adjacent to an activating group) is 1. The first-order valence-electron chi connectivity index (χ1n) is 12.0. The molecule has 4 aromatic rings. The van der Waals surface area contributed by atoms with Gasteiger partial charge in [-0.05, 0) is 44.0 Å². The van der Waals surface area contributed by atoms with Crippen molar-refractivity contribution in [2.24, 2.45) is 0 Å². The standard InChI is InChI=1S/C26H31N7/c1-19-4-3-5-23-22(6-9-27-25(19)23)24-17-29-33-18-21(16-28-26(24)33)31-10-7-20(8-11-31)32-14-12-30(2)13-15-32/h3-6,9,16-18,20H,7-8,10-15H2,1-2H3. The van der Waals surface area contributed by atoms with Crippen molar-refractivity contribution in [3.63, 3.8) is 0 Å². The predicted octanol–water partition coefficient (Wildman–Crippen LogP) is 3.47. The van der Waals surface area contributed by atoms with E-state index < -0.39 is 0 Å². The van der Waals surface area contributed by atoms with Gasteiger partial charge in [0.2, 0.25) is 0 Å². The normalized spacial score (nSPS) is 19.0. The van der Waals surface area contributed by atoms with Crippen LogP contribution in [0, 0.1) is 6.92 Å². The molecule has 0 amide bonds. The average Bonchev–Trinajstić information content (AvgIpc) is 3.28. The quantitative estimate of drug-likeness (QED) is 0.485. The van der Waals surface area contributed by atoms with E-state index in [0.29, 0.717) is 6.04 Å². The molecule has 7 nitrogen and oxygen atoms in total. The Kier molecular flexibility index (Phi) is 5.23. The zero-order chi connectivity index (χ0) is 22.4. The first-order valence-corrected chi connectivity index (χ1v) is 12.0. The van der Waals surface area contributed by atoms with Crippen molar-refractivity contribution < 1.29 is 0 Å². The lowest BCUT2D eigenvalue weighted by molar-refractivity contribution is 0.0982. The zero-order valence-corrected chi connectivity index (χ0v) is 19.5. The van der Waals surface area contributed by atoms with Gasteiger partial charge < -0.3 is 9.80 Å². The van der Waals surface area contributed by atoms with Gasteiger partial charge in [0.1, 0.15) is 0 Å². The highest BCUT2D eigenvalue weighted by Crippen LogP contribution is 2.32. The van der Waals surface area contributed by atoms with E-state index in [4.69, 9.17) is 4.98 Å². The number of aromatic nitrogens is 4. The molecular weight excluding hydrogens is 410 g/mol. The molecule has 3 aromatic heterocycles. The van der Waals surface area contributed by atoms with Crippen molar-refractivity contribution >= 4 is 22.2 Å². The molecule has 5 heterocycles. The molecule has 7 heteroatoms. The van der Waals surface area contributed by atoms with Gasteiger partial charge in [-0.25, -0.2) is 9.50 Å². The number of benzene rings is 1. The molecule has 2 fully saturated rings. The van der Waals surface area contributed by atoms with Gasteiger partial charge in [-0.1, -0.05) is 18.2 Å². The summed E-state index contributed by atoms with van der Waals surface area (Å²) in [5.74, 6) is 0. The maximum atomic E-state index is 4.86. The second-order valence-electron chi connectivity index (χ2n) is 9.53. The number of anilines is 1. The number of hydrogen-bond acceptors (Lipinski definition) is 6. The third kappa shape index (κ3) is 3.75. The van der Waals surface area contributed by atoms with Crippen LogP contribution in [0.5, 0.6) is 0 Å². The van der Waals surface area contributed by atoms with Crippen LogP contribution in [0.4, 0.5) is 5.69 Å². The Bertz CT molecular complexity index is 1280. The van der Waals surface area contributed by atoms with Gasteiger partial charge in [-0.3, -0.25) is 9.88 Å². The molecule has 2 saturated heterocycles. The molecule has 33 heavy (non-hydrogen) atoms. The maximum Gasteiger partial charge on any atom is 0.162 e. The molecule has 0 saturated carbocycles. The molecule has 0 unspecified atom stereocenters. The zero-order valence-electron chi connectivity index (χ0n) is 19.5. The van der Waals surface area contributed by atoms with Crippen molar-refractivity contribution in [2.45, 2.75) is 25.8 Å². The molecule has 0 bridgehead atoms. The van der Waals surface area contributed by atoms with E-state index in [9.17, 15) is 0 Å². The number of rotatable bonds is 3. The largest absolute Gasteiger partial charge is 0.369 e. The van der Waals surface area contributed by atoms with Crippen LogP contribution in [0.1, 0.15) is 18.4 Å². The van der Waals surface area contributed by atoms with Crippen LogP contribution in [0.15, 0.2) is 49.1 Å². The van der Waals surface area contributed by atoms with Gasteiger partial charge in [-0.2, -0.15) is 5.10 Å². The fourth-order valence-electron chi connectivity index (χ4n) is 5.45. The summed E-state index contributed by atoms with van der Waals surface area (Å²) in [7, 11) is 2.22. The van der Waals surface area contributed by atoms with Gasteiger partial charge in [0.05, 0.1) is 29.8 Å². The second kappa shape index (κ2) is 8.39. The molecule has 2 aliphatic heterocycles. The third-order valence-corrected chi connectivity index (χ3v) is 7.49. The predicted molar refractivity (Wildman–Crippen MR) is 133 cm³/mol. The van der Waals surface area contributed by atoms with Gasteiger partial charge in [0.15, 0.2) is 5.65 Å². The van der Waals surface area contributed by atoms with E-state index in [1.54, 1.807) is 0 Å². The molecule has 0 N–H and O–H groups in total. The van der Waals surface area contributed by atoms with E-state index >= 15 is 0 Å². The molecule has 0 radical (unpaired) electrons. The Morgan fingerprint density at radius 2 is 1.70 bits per heavy atom. The van der Waals surface area contributed by atoms with Crippen molar-refractivity contribution in [3.05, 3.63) is 54.6 Å². The molecule has 0 aliphatic carbocycles. The molecule has 6 rings (SSSR count). The van der Waals surface area contributed by atoms with Crippen molar-refractivity contribution in [2.75, 3.05) is 51.2 Å². The van der Waals surface area contributed by atoms with E-state index in [1.165, 1.54) is 44.6 Å². The summed E-state index contributed by atoms with van der Waals surface area (Å²) in [4.78, 5) is 17.0. The summed E-state index contributed by atoms with van der Waals surface area (Å²) in [5, 5.41) is 5.81. The van der Waals surface area contributed by atoms with Crippen molar-refractivity contribution in [3.8, 4) is 11.1 Å². The van der Waals surface area contributed by atoms with Crippen molar-refractivity contribution in [1.82, 2.24) is 29.4 Å². The smallest absolute Gasteiger partial charge is 0.162 e. The minimum atomic E-state index is 0.714. The Morgan fingerprint density at radius 1 is 0.879 bits per heavy atom. The number of nitrogens with zero attached hydrogens (tertiary/aromatic N) is 7. The summed E-state index contributed by atoms with van der Waals surface area (Å²) in [6.45, 7) is 9.04. The molecule has 1 aromatic carbocycles. The Hall–Kier alpha value is -3.03. The molecule has 0 atom stereocenters. The topological polar surface area (TPSA) is 52.8 Å². The van der Waals surface area contributed by atoms with Crippen LogP contribution in [0.3, 0.4) is 0 Å². The monoisotopic (exact) mass is 441 g/mol. The van der Waals surface area contributed by atoms with Crippen LogP contribution in [0.2, 0.25) is 0 Å². The van der Waals surface area contributed by atoms with E-state index in [1.807, 2.05) is 23.1 Å². The SMILES string of the molecule is Cc1cccc2c(-c3cnn4cc(N5CCC(N6CCN(C)CC6)CC5)cnc34)ccnc12. The van der Waals surface area contributed by atoms with Gasteiger partial charge >= 0.3 is 0 Å². The minimum Gasteiger partial charge on any atom is -0.369 e. The number of pyridine rings is 1. The third-order valence-electron chi connectivity index (χ3n) is 7.49. The van der Waals surface area contributed by atoms with Crippen molar-refractivity contribution in [1.29, 1.82) is 0 Å². The Morgan fingerprint density at radius 3 is 2.52 bits per heavy atom. The highest BCUT2D eigenvalue weighted by molar-refractivity contribution is 5.98. The summed E-state index contributed by atoms with van der Waals surface area (Å²) in [6, 6.07) is 9.11. The lowest BCUT2D eigenvalue weighted by Crippen LogP contribution is -2.52. The highest BCUT2D eigenvalue weighted by Gasteiger charge is 2.27. The fraction of sp³-hybridized carbons (Fsp3) is 0.423. The lowest BCUT2D eigenvalue weighted by atomic mass is 10.0. The molecular formula is C26H31N7. The van der Waals surface area contributed by atoms with Crippen LogP contribution in [-0.2, 0) is 0 Å². The fourth-order valence-corrected chi connectivity index (χ4v) is 5.45. The maximum absolute atomic E-state index is 4.86. The summed E-state index contributed by atoms with van der Waals surface area (Å²) >= 11 is 0. The number of hydrogen-bond donors (Lipinski definition) is 0. The lowest BCUT2D eigenvalue weighted by Gasteiger charge is -2.42. The summed E-state index contributed by atoms with van der Waals surface area (Å²) in [6.07, 6.45) is 10.4. The number of fused-ring (bicyclic) bond motifs is 2. The average molecular weight is 442 g/mol. The van der Waals surface area contributed by atoms with E-state index in [2.05, 4.69) is 69.2 Å². The number of aryl methyl sites for hydroxylation is 1. The second-order valence-corrected chi connectivity index (χ2v) is 9.53. The number of para-hydroxylation sites is 1. The highest BCUT2D eigenvalue weighted by atomic mass is 15.3. The Labute approximate surface area is 194 Å². The van der Waals surface area contributed by atoms with Crippen LogP contribution >= 0.6 is 0 Å². The van der Waals surface area contributed by atoms with Gasteiger partial charge in [0.25, 0.3) is 0 Å². The van der Waals surface area contributed by atoms with E-state index in [-0.39, 0.29) is 0 Å². The van der Waals surface area contributed by atoms with Gasteiger partial charge in [-0.15, -0.1) is 0 Å². The molecule has 2 aliphatic rings. The van der Waals surface area contributed by atoms with Crippen LogP contribution in [0.25, 0.3) is 27.7 Å². The number of piperazine rings is 1. The number of piperidine rings is 1. The molecule has 170 valence electrons. The van der Waals surface area contributed by atoms with Crippen LogP contribution < -0.4 is 4.90 Å². The summed E-state index contributed by atoms with van der Waals surface area (Å²) in [5.41, 5.74) is 6.44. The first kappa shape index (κ1) is 20.6. The minimum absolute atomic E-state index is 0.714. The first-order chi connectivity index (χ1) is 16.2. The Balaban J connectivity index is 1.23.